The normalized spacial score (nSPS) is 10.8. The smallest absolute Gasteiger partial charge is 0.269 e. The lowest BCUT2D eigenvalue weighted by molar-refractivity contribution is -0.384. The predicted octanol–water partition coefficient (Wildman–Crippen LogP) is 4.00. The molecule has 29 heavy (non-hydrogen) atoms. The third kappa shape index (κ3) is 5.65. The van der Waals surface area contributed by atoms with Crippen molar-refractivity contribution >= 4 is 11.4 Å². The summed E-state index contributed by atoms with van der Waals surface area (Å²) in [6, 6.07) is 16.9. The van der Waals surface area contributed by atoms with Crippen molar-refractivity contribution in [2.75, 3.05) is 25.0 Å². The average molecular weight is 393 g/mol. The van der Waals surface area contributed by atoms with Crippen LogP contribution in [0.3, 0.4) is 0 Å². The fourth-order valence-electron chi connectivity index (χ4n) is 3.28. The first-order chi connectivity index (χ1) is 14.0. The average Bonchev–Trinajstić information content (AvgIpc) is 3.11. The molecule has 0 spiro atoms. The minimum Gasteiger partial charge on any atom is -0.375 e. The number of nitro groups is 1. The lowest BCUT2D eigenvalue weighted by Crippen LogP contribution is -2.20. The molecular formula is C22H27N5O2. The van der Waals surface area contributed by atoms with Crippen LogP contribution in [0.25, 0.3) is 11.3 Å². The number of para-hydroxylation sites is 1. The summed E-state index contributed by atoms with van der Waals surface area (Å²) < 4.78 is 1.78. The van der Waals surface area contributed by atoms with E-state index >= 15 is 0 Å². The van der Waals surface area contributed by atoms with Crippen molar-refractivity contribution < 1.29 is 4.92 Å². The third-order valence-electron chi connectivity index (χ3n) is 4.87. The van der Waals surface area contributed by atoms with E-state index in [9.17, 15) is 10.1 Å². The molecule has 0 fully saturated rings. The van der Waals surface area contributed by atoms with E-state index in [2.05, 4.69) is 46.6 Å². The van der Waals surface area contributed by atoms with Crippen molar-refractivity contribution in [1.29, 1.82) is 0 Å². The van der Waals surface area contributed by atoms with Gasteiger partial charge in [-0.05, 0) is 43.7 Å². The maximum atomic E-state index is 10.8. The summed E-state index contributed by atoms with van der Waals surface area (Å²) in [6.07, 6.45) is 4.19. The Labute approximate surface area is 171 Å². The molecule has 1 N–H and O–H groups in total. The van der Waals surface area contributed by atoms with Crippen molar-refractivity contribution in [1.82, 2.24) is 15.1 Å². The second-order valence-corrected chi connectivity index (χ2v) is 7.12. The van der Waals surface area contributed by atoms with Crippen LogP contribution in [0.5, 0.6) is 0 Å². The van der Waals surface area contributed by atoms with Crippen molar-refractivity contribution in [2.24, 2.45) is 7.05 Å². The van der Waals surface area contributed by atoms with Gasteiger partial charge in [0.2, 0.25) is 0 Å². The fourth-order valence-corrected chi connectivity index (χ4v) is 3.28. The summed E-state index contributed by atoms with van der Waals surface area (Å²) in [4.78, 5) is 12.7. The third-order valence-corrected chi connectivity index (χ3v) is 4.87. The summed E-state index contributed by atoms with van der Waals surface area (Å²) in [6.45, 7) is 2.67. The molecule has 0 unspecified atom stereocenters. The van der Waals surface area contributed by atoms with Crippen molar-refractivity contribution in [2.45, 2.75) is 19.4 Å². The van der Waals surface area contributed by atoms with E-state index in [4.69, 9.17) is 0 Å². The lowest BCUT2D eigenvalue weighted by Gasteiger charge is -2.19. The number of non-ortho nitro benzene ring substituents is 1. The Bertz CT molecular complexity index is 922. The number of nitro benzene ring substituents is 1. The standard InChI is InChI=1S/C22H27N5O2/c1-25(20-8-4-3-5-9-20)15-7-6-14-23-16-19-17-26(2)24-22(19)18-10-12-21(13-11-18)27(28)29/h3-5,8-13,17,23H,6-7,14-16H2,1-2H3. The Morgan fingerprint density at radius 1 is 1.10 bits per heavy atom. The molecule has 152 valence electrons. The minimum atomic E-state index is -0.389. The highest BCUT2D eigenvalue weighted by molar-refractivity contribution is 5.64. The highest BCUT2D eigenvalue weighted by Gasteiger charge is 2.12. The first-order valence-electron chi connectivity index (χ1n) is 9.79. The van der Waals surface area contributed by atoms with E-state index in [1.165, 1.54) is 17.8 Å². The molecule has 0 radical (unpaired) electrons. The summed E-state index contributed by atoms with van der Waals surface area (Å²) in [7, 11) is 4.01. The van der Waals surface area contributed by atoms with E-state index < -0.39 is 0 Å². The Kier molecular flexibility index (Phi) is 6.97. The van der Waals surface area contributed by atoms with Crippen LogP contribution in [0.1, 0.15) is 18.4 Å². The monoisotopic (exact) mass is 393 g/mol. The molecule has 0 aliphatic heterocycles. The maximum Gasteiger partial charge on any atom is 0.269 e. The van der Waals surface area contributed by atoms with Crippen molar-refractivity contribution in [3.05, 3.63) is 76.5 Å². The zero-order valence-corrected chi connectivity index (χ0v) is 16.9. The highest BCUT2D eigenvalue weighted by Crippen LogP contribution is 2.24. The van der Waals surface area contributed by atoms with E-state index in [0.717, 1.165) is 42.8 Å². The zero-order valence-electron chi connectivity index (χ0n) is 16.9. The molecule has 3 rings (SSSR count). The number of aryl methyl sites for hydroxylation is 1. The van der Waals surface area contributed by atoms with Crippen molar-refractivity contribution in [3.8, 4) is 11.3 Å². The summed E-state index contributed by atoms with van der Waals surface area (Å²) >= 11 is 0. The van der Waals surface area contributed by atoms with Gasteiger partial charge in [0.05, 0.1) is 10.6 Å². The van der Waals surface area contributed by atoms with E-state index in [-0.39, 0.29) is 10.6 Å². The van der Waals surface area contributed by atoms with Crippen LogP contribution in [0.4, 0.5) is 11.4 Å². The predicted molar refractivity (Wildman–Crippen MR) is 116 cm³/mol. The van der Waals surface area contributed by atoms with Gasteiger partial charge >= 0.3 is 0 Å². The Balaban J connectivity index is 1.47. The number of hydrogen-bond donors (Lipinski definition) is 1. The van der Waals surface area contributed by atoms with Gasteiger partial charge in [-0.1, -0.05) is 18.2 Å². The SMILES string of the molecule is CN(CCCCNCc1cn(C)nc1-c1ccc([N+](=O)[O-])cc1)c1ccccc1. The van der Waals surface area contributed by atoms with Crippen LogP contribution < -0.4 is 10.2 Å². The zero-order chi connectivity index (χ0) is 20.6. The Morgan fingerprint density at radius 3 is 2.52 bits per heavy atom. The molecule has 7 heteroatoms. The second kappa shape index (κ2) is 9.84. The molecule has 1 aromatic heterocycles. The number of nitrogens with one attached hydrogen (secondary N) is 1. The quantitative estimate of drug-likeness (QED) is 0.320. The van der Waals surface area contributed by atoms with Crippen LogP contribution >= 0.6 is 0 Å². The molecular weight excluding hydrogens is 366 g/mol. The molecule has 0 atom stereocenters. The molecule has 3 aromatic rings. The van der Waals surface area contributed by atoms with E-state index in [1.807, 2.05) is 19.3 Å². The largest absolute Gasteiger partial charge is 0.375 e. The van der Waals surface area contributed by atoms with Gasteiger partial charge < -0.3 is 10.2 Å². The molecule has 0 bridgehead atoms. The van der Waals surface area contributed by atoms with Crippen LogP contribution in [0.2, 0.25) is 0 Å². The number of unbranched alkanes of at least 4 members (excludes halogenated alkanes) is 1. The maximum absolute atomic E-state index is 10.8. The fraction of sp³-hybridized carbons (Fsp3) is 0.318. The molecule has 0 aliphatic carbocycles. The van der Waals surface area contributed by atoms with Gasteiger partial charge in [-0.2, -0.15) is 5.10 Å². The van der Waals surface area contributed by atoms with Gasteiger partial charge in [0.25, 0.3) is 5.69 Å². The van der Waals surface area contributed by atoms with Gasteiger partial charge in [0.15, 0.2) is 0 Å². The Hall–Kier alpha value is -3.19. The minimum absolute atomic E-state index is 0.0878. The summed E-state index contributed by atoms with van der Waals surface area (Å²) in [5.41, 5.74) is 4.16. The van der Waals surface area contributed by atoms with Gasteiger partial charge in [0, 0.05) is 62.3 Å². The van der Waals surface area contributed by atoms with Crippen LogP contribution in [0.15, 0.2) is 60.8 Å². The number of rotatable bonds is 10. The van der Waals surface area contributed by atoms with E-state index in [1.54, 1.807) is 16.8 Å². The molecule has 1 heterocycles. The van der Waals surface area contributed by atoms with Crippen LogP contribution in [0, 0.1) is 10.1 Å². The van der Waals surface area contributed by atoms with Crippen LogP contribution in [-0.4, -0.2) is 34.8 Å². The molecule has 0 saturated carbocycles. The summed E-state index contributed by atoms with van der Waals surface area (Å²) in [5, 5.41) is 18.9. The molecule has 0 amide bonds. The first-order valence-corrected chi connectivity index (χ1v) is 9.79. The molecule has 0 aliphatic rings. The number of aromatic nitrogens is 2. The number of hydrogen-bond acceptors (Lipinski definition) is 5. The molecule has 0 saturated heterocycles. The number of benzene rings is 2. The molecule has 7 nitrogen and oxygen atoms in total. The van der Waals surface area contributed by atoms with Gasteiger partial charge in [0.1, 0.15) is 0 Å². The van der Waals surface area contributed by atoms with Gasteiger partial charge in [-0.25, -0.2) is 0 Å². The summed E-state index contributed by atoms with van der Waals surface area (Å²) in [5.74, 6) is 0. The van der Waals surface area contributed by atoms with E-state index in [0.29, 0.717) is 6.54 Å². The molecule has 2 aromatic carbocycles. The lowest BCUT2D eigenvalue weighted by atomic mass is 10.1. The second-order valence-electron chi connectivity index (χ2n) is 7.12. The van der Waals surface area contributed by atoms with Gasteiger partial charge in [-0.3, -0.25) is 14.8 Å². The Morgan fingerprint density at radius 2 is 1.83 bits per heavy atom. The highest BCUT2D eigenvalue weighted by atomic mass is 16.6. The van der Waals surface area contributed by atoms with Crippen molar-refractivity contribution in [3.63, 3.8) is 0 Å². The number of anilines is 1. The number of nitrogens with zero attached hydrogens (tertiary/aromatic N) is 4. The topological polar surface area (TPSA) is 76.2 Å². The first kappa shape index (κ1) is 20.5. The van der Waals surface area contributed by atoms with Crippen LogP contribution in [-0.2, 0) is 13.6 Å². The van der Waals surface area contributed by atoms with Gasteiger partial charge in [-0.15, -0.1) is 0 Å².